The van der Waals surface area contributed by atoms with Crippen molar-refractivity contribution in [2.24, 2.45) is 23.7 Å². The van der Waals surface area contributed by atoms with Gasteiger partial charge in [-0.2, -0.15) is 5.26 Å². The molecule has 0 aromatic rings. The number of hydrogen-bond donors (Lipinski definition) is 0. The van der Waals surface area contributed by atoms with Gasteiger partial charge in [-0.05, 0) is 49.9 Å². The van der Waals surface area contributed by atoms with Crippen molar-refractivity contribution in [1.82, 2.24) is 4.90 Å². The fourth-order valence-electron chi connectivity index (χ4n) is 4.11. The van der Waals surface area contributed by atoms with E-state index in [2.05, 4.69) is 11.0 Å². The lowest BCUT2D eigenvalue weighted by Crippen LogP contribution is -2.31. The highest BCUT2D eigenvalue weighted by Gasteiger charge is 2.51. The Morgan fingerprint density at radius 2 is 1.79 bits per heavy atom. The third-order valence-corrected chi connectivity index (χ3v) is 4.90. The molecule has 0 aromatic heterocycles. The van der Waals surface area contributed by atoms with Crippen molar-refractivity contribution in [2.75, 3.05) is 13.1 Å². The monoisotopic (exact) mass is 190 g/mol. The molecule has 3 rings (SSSR count). The Hall–Kier alpha value is -0.550. The number of hydrogen-bond acceptors (Lipinski definition) is 2. The van der Waals surface area contributed by atoms with E-state index >= 15 is 0 Å². The largest absolute Gasteiger partial charge is 0.288 e. The lowest BCUT2D eigenvalue weighted by Gasteiger charge is -2.22. The third-order valence-electron chi connectivity index (χ3n) is 4.90. The molecule has 14 heavy (non-hydrogen) atoms. The van der Waals surface area contributed by atoms with Gasteiger partial charge in [0.25, 0.3) is 0 Å². The van der Waals surface area contributed by atoms with Gasteiger partial charge >= 0.3 is 0 Å². The first kappa shape index (κ1) is 8.73. The molecule has 0 amide bonds. The van der Waals surface area contributed by atoms with Gasteiger partial charge in [-0.1, -0.05) is 0 Å². The van der Waals surface area contributed by atoms with Crippen LogP contribution in [0.1, 0.15) is 26.2 Å². The molecule has 1 aliphatic heterocycles. The van der Waals surface area contributed by atoms with E-state index in [4.69, 9.17) is 5.26 Å². The van der Waals surface area contributed by atoms with Gasteiger partial charge in [-0.25, -0.2) is 0 Å². The van der Waals surface area contributed by atoms with E-state index in [1.54, 1.807) is 0 Å². The summed E-state index contributed by atoms with van der Waals surface area (Å²) in [6, 6.07) is 2.51. The molecule has 2 bridgehead atoms. The zero-order valence-corrected chi connectivity index (χ0v) is 8.82. The maximum atomic E-state index is 8.91. The molecular weight excluding hydrogens is 172 g/mol. The number of rotatable bonds is 1. The van der Waals surface area contributed by atoms with Gasteiger partial charge in [0.05, 0.1) is 12.1 Å². The second-order valence-corrected chi connectivity index (χ2v) is 5.42. The first-order chi connectivity index (χ1) is 6.79. The van der Waals surface area contributed by atoms with Gasteiger partial charge in [0.1, 0.15) is 0 Å². The van der Waals surface area contributed by atoms with Crippen LogP contribution < -0.4 is 0 Å². The number of nitrogens with zero attached hydrogens (tertiary/aromatic N) is 2. The van der Waals surface area contributed by atoms with Crippen LogP contribution in [0.4, 0.5) is 0 Å². The zero-order valence-electron chi connectivity index (χ0n) is 8.82. The van der Waals surface area contributed by atoms with Gasteiger partial charge < -0.3 is 0 Å². The zero-order chi connectivity index (χ0) is 9.71. The molecule has 5 atom stereocenters. The number of nitriles is 1. The molecule has 2 saturated carbocycles. The van der Waals surface area contributed by atoms with Crippen LogP contribution >= 0.6 is 0 Å². The summed E-state index contributed by atoms with van der Waals surface area (Å²) >= 11 is 0. The topological polar surface area (TPSA) is 27.0 Å². The fraction of sp³-hybridized carbons (Fsp3) is 0.917. The summed E-state index contributed by atoms with van der Waals surface area (Å²) in [5.74, 6) is 3.93. The second-order valence-electron chi connectivity index (χ2n) is 5.42. The van der Waals surface area contributed by atoms with Crippen molar-refractivity contribution in [2.45, 2.75) is 32.2 Å². The fourth-order valence-corrected chi connectivity index (χ4v) is 4.11. The summed E-state index contributed by atoms with van der Waals surface area (Å²) in [4.78, 5) is 2.40. The summed E-state index contributed by atoms with van der Waals surface area (Å²) in [5, 5.41) is 8.91. The molecule has 3 aliphatic rings. The van der Waals surface area contributed by atoms with Crippen molar-refractivity contribution in [3.63, 3.8) is 0 Å². The molecular formula is C12H18N2. The molecule has 2 aliphatic carbocycles. The maximum Gasteiger partial charge on any atom is 0.0949 e. The highest BCUT2D eigenvalue weighted by molar-refractivity contribution is 5.04. The Morgan fingerprint density at radius 3 is 2.29 bits per heavy atom. The molecule has 3 fully saturated rings. The quantitative estimate of drug-likeness (QED) is 0.631. The molecule has 1 heterocycles. The minimum Gasteiger partial charge on any atom is -0.288 e. The normalized spacial score (nSPS) is 47.7. The highest BCUT2D eigenvalue weighted by Crippen LogP contribution is 2.55. The summed E-state index contributed by atoms with van der Waals surface area (Å²) in [5.41, 5.74) is 0. The molecule has 2 heteroatoms. The first-order valence-electron chi connectivity index (χ1n) is 5.93. The Morgan fingerprint density at radius 1 is 1.21 bits per heavy atom. The van der Waals surface area contributed by atoms with Gasteiger partial charge in [-0.3, -0.25) is 4.90 Å². The molecule has 76 valence electrons. The van der Waals surface area contributed by atoms with E-state index in [0.29, 0.717) is 0 Å². The molecule has 1 saturated heterocycles. The molecule has 0 aromatic carbocycles. The first-order valence-corrected chi connectivity index (χ1v) is 5.93. The SMILES string of the molecule is CC(C#N)N1C[C@@H]2C3CCC(C3)[C@@H]2C1. The summed E-state index contributed by atoms with van der Waals surface area (Å²) in [6.07, 6.45) is 4.45. The van der Waals surface area contributed by atoms with E-state index < -0.39 is 0 Å². The van der Waals surface area contributed by atoms with Crippen molar-refractivity contribution < 1.29 is 0 Å². The van der Waals surface area contributed by atoms with Crippen LogP contribution in [-0.4, -0.2) is 24.0 Å². The van der Waals surface area contributed by atoms with Crippen LogP contribution in [0.5, 0.6) is 0 Å². The van der Waals surface area contributed by atoms with E-state index in [9.17, 15) is 0 Å². The van der Waals surface area contributed by atoms with Gasteiger partial charge in [0, 0.05) is 13.1 Å². The molecule has 0 N–H and O–H groups in total. The maximum absolute atomic E-state index is 8.91. The second kappa shape index (κ2) is 2.97. The van der Waals surface area contributed by atoms with Crippen LogP contribution in [0, 0.1) is 35.0 Å². The van der Waals surface area contributed by atoms with E-state index in [1.165, 1.54) is 32.4 Å². The lowest BCUT2D eigenvalue weighted by molar-refractivity contribution is 0.268. The van der Waals surface area contributed by atoms with Crippen LogP contribution in [0.15, 0.2) is 0 Å². The van der Waals surface area contributed by atoms with E-state index in [0.717, 1.165) is 23.7 Å². The summed E-state index contributed by atoms with van der Waals surface area (Å²) in [6.45, 7) is 4.46. The smallest absolute Gasteiger partial charge is 0.0949 e. The standard InChI is InChI=1S/C12H18N2/c1-8(5-13)14-6-11-9-2-3-10(4-9)12(11)7-14/h8-12H,2-4,6-7H2,1H3/t8?,9?,10?,11-,12+. The Bertz CT molecular complexity index is 263. The number of fused-ring (bicyclic) bond motifs is 5. The average molecular weight is 190 g/mol. The summed E-state index contributed by atoms with van der Waals surface area (Å²) in [7, 11) is 0. The predicted molar refractivity (Wildman–Crippen MR) is 54.5 cm³/mol. The van der Waals surface area contributed by atoms with E-state index in [1.807, 2.05) is 6.92 Å². The highest BCUT2D eigenvalue weighted by atomic mass is 15.2. The lowest BCUT2D eigenvalue weighted by atomic mass is 9.82. The van der Waals surface area contributed by atoms with Crippen molar-refractivity contribution in [1.29, 1.82) is 5.26 Å². The third kappa shape index (κ3) is 1.05. The van der Waals surface area contributed by atoms with Crippen molar-refractivity contribution in [3.8, 4) is 6.07 Å². The van der Waals surface area contributed by atoms with Crippen LogP contribution in [0.2, 0.25) is 0 Å². The number of likely N-dealkylation sites (tertiary alicyclic amines) is 1. The van der Waals surface area contributed by atoms with Crippen molar-refractivity contribution in [3.05, 3.63) is 0 Å². The minimum atomic E-state index is 0.139. The Labute approximate surface area is 85.9 Å². The molecule has 2 nitrogen and oxygen atoms in total. The Balaban J connectivity index is 1.74. The van der Waals surface area contributed by atoms with Gasteiger partial charge in [0.15, 0.2) is 0 Å². The average Bonchev–Trinajstić information content (AvgIpc) is 2.87. The predicted octanol–water partition coefficient (Wildman–Crippen LogP) is 1.88. The molecule has 3 unspecified atom stereocenters. The van der Waals surface area contributed by atoms with Gasteiger partial charge in [0.2, 0.25) is 0 Å². The minimum absolute atomic E-state index is 0.139. The summed E-state index contributed by atoms with van der Waals surface area (Å²) < 4.78 is 0. The molecule has 0 radical (unpaired) electrons. The Kier molecular flexibility index (Phi) is 1.85. The van der Waals surface area contributed by atoms with Crippen LogP contribution in [-0.2, 0) is 0 Å². The van der Waals surface area contributed by atoms with Crippen LogP contribution in [0.25, 0.3) is 0 Å². The van der Waals surface area contributed by atoms with E-state index in [-0.39, 0.29) is 6.04 Å². The van der Waals surface area contributed by atoms with Gasteiger partial charge in [-0.15, -0.1) is 0 Å². The van der Waals surface area contributed by atoms with Crippen LogP contribution in [0.3, 0.4) is 0 Å². The van der Waals surface area contributed by atoms with Crippen molar-refractivity contribution >= 4 is 0 Å². The molecule has 0 spiro atoms.